The van der Waals surface area contributed by atoms with E-state index in [2.05, 4.69) is 49.4 Å². The third-order valence-corrected chi connectivity index (χ3v) is 6.25. The molecular formula is C24H25F2N5. The zero-order valence-electron chi connectivity index (χ0n) is 17.3. The number of aromatic nitrogens is 2. The van der Waals surface area contributed by atoms with Crippen LogP contribution in [0.2, 0.25) is 0 Å². The summed E-state index contributed by atoms with van der Waals surface area (Å²) in [5.74, 6) is 0.0972. The minimum Gasteiger partial charge on any atom is -0.356 e. The lowest BCUT2D eigenvalue weighted by Gasteiger charge is -2.41. The summed E-state index contributed by atoms with van der Waals surface area (Å²) < 4.78 is 26.9. The summed E-state index contributed by atoms with van der Waals surface area (Å²) in [5, 5.41) is 2.97. The molecule has 1 fully saturated rings. The van der Waals surface area contributed by atoms with E-state index in [0.29, 0.717) is 17.5 Å². The van der Waals surface area contributed by atoms with Crippen LogP contribution in [-0.4, -0.2) is 40.5 Å². The highest BCUT2D eigenvalue weighted by atomic mass is 19.1. The van der Waals surface area contributed by atoms with Crippen molar-refractivity contribution in [2.75, 3.05) is 29.9 Å². The van der Waals surface area contributed by atoms with Gasteiger partial charge in [-0.15, -0.1) is 0 Å². The number of nitrogens with one attached hydrogen (secondary N) is 1. The predicted molar refractivity (Wildman–Crippen MR) is 117 cm³/mol. The smallest absolute Gasteiger partial charge is 0.135 e. The third kappa shape index (κ3) is 4.51. The number of fused-ring (bicyclic) bond motifs is 1. The highest BCUT2D eigenvalue weighted by molar-refractivity contribution is 5.59. The molecule has 7 heteroatoms. The van der Waals surface area contributed by atoms with Crippen LogP contribution in [0, 0.1) is 11.6 Å². The van der Waals surface area contributed by atoms with Crippen LogP contribution in [0.25, 0.3) is 0 Å². The second kappa shape index (κ2) is 8.59. The van der Waals surface area contributed by atoms with Crippen molar-refractivity contribution < 1.29 is 8.78 Å². The Hall–Kier alpha value is -3.06. The number of benzene rings is 2. The molecule has 0 bridgehead atoms. The number of hydrogen-bond acceptors (Lipinski definition) is 5. The fourth-order valence-electron chi connectivity index (χ4n) is 4.65. The number of rotatable bonds is 4. The van der Waals surface area contributed by atoms with Crippen LogP contribution in [0.15, 0.2) is 54.9 Å². The number of anilines is 3. The van der Waals surface area contributed by atoms with Crippen molar-refractivity contribution in [3.05, 3.63) is 77.6 Å². The molecule has 5 rings (SSSR count). The predicted octanol–water partition coefficient (Wildman–Crippen LogP) is 4.53. The van der Waals surface area contributed by atoms with E-state index in [0.717, 1.165) is 57.3 Å². The molecule has 0 spiro atoms. The second-order valence-corrected chi connectivity index (χ2v) is 8.25. The molecule has 2 aliphatic rings. The molecule has 0 radical (unpaired) electrons. The van der Waals surface area contributed by atoms with Gasteiger partial charge in [-0.1, -0.05) is 24.3 Å². The van der Waals surface area contributed by atoms with E-state index < -0.39 is 11.6 Å². The molecule has 2 aromatic carbocycles. The maximum atomic E-state index is 13.4. The first-order chi connectivity index (χ1) is 15.1. The molecule has 1 saturated heterocycles. The van der Waals surface area contributed by atoms with Crippen molar-refractivity contribution in [2.45, 2.75) is 31.8 Å². The fraction of sp³-hybridized carbons (Fsp3) is 0.333. The Morgan fingerprint density at radius 2 is 1.61 bits per heavy atom. The largest absolute Gasteiger partial charge is 0.356 e. The highest BCUT2D eigenvalue weighted by Gasteiger charge is 2.27. The Morgan fingerprint density at radius 3 is 2.39 bits per heavy atom. The molecule has 2 aliphatic heterocycles. The van der Waals surface area contributed by atoms with Crippen LogP contribution in [-0.2, 0) is 13.0 Å². The molecule has 160 valence electrons. The third-order valence-electron chi connectivity index (χ3n) is 6.25. The van der Waals surface area contributed by atoms with Gasteiger partial charge in [0.25, 0.3) is 0 Å². The van der Waals surface area contributed by atoms with Gasteiger partial charge in [0.1, 0.15) is 29.6 Å². The zero-order chi connectivity index (χ0) is 21.2. The van der Waals surface area contributed by atoms with Gasteiger partial charge in [-0.25, -0.2) is 18.7 Å². The molecule has 3 heterocycles. The summed E-state index contributed by atoms with van der Waals surface area (Å²) in [5.41, 5.74) is 3.26. The lowest BCUT2D eigenvalue weighted by molar-refractivity contribution is 0.153. The molecular weight excluding hydrogens is 396 g/mol. The molecule has 1 aromatic heterocycles. The first-order valence-corrected chi connectivity index (χ1v) is 10.7. The second-order valence-electron chi connectivity index (χ2n) is 8.25. The summed E-state index contributed by atoms with van der Waals surface area (Å²) >= 11 is 0. The van der Waals surface area contributed by atoms with Crippen LogP contribution in [0.1, 0.15) is 24.0 Å². The van der Waals surface area contributed by atoms with E-state index in [1.807, 2.05) is 6.07 Å². The molecule has 0 unspecified atom stereocenters. The van der Waals surface area contributed by atoms with E-state index >= 15 is 0 Å². The average Bonchev–Trinajstić information content (AvgIpc) is 2.78. The Labute approximate surface area is 180 Å². The number of hydrogen-bond donors (Lipinski definition) is 1. The number of piperidine rings is 1. The minimum atomic E-state index is -0.626. The SMILES string of the molecule is Fc1cc(F)cc(Nc2cc(N3CCC(N4CCc5ccccc5C4)CC3)ncn2)c1. The normalized spacial score (nSPS) is 17.4. The average molecular weight is 421 g/mol. The molecule has 0 aliphatic carbocycles. The molecule has 0 saturated carbocycles. The topological polar surface area (TPSA) is 44.3 Å². The first-order valence-electron chi connectivity index (χ1n) is 10.7. The van der Waals surface area contributed by atoms with Gasteiger partial charge in [0.2, 0.25) is 0 Å². The Kier molecular flexibility index (Phi) is 5.51. The van der Waals surface area contributed by atoms with Gasteiger partial charge >= 0.3 is 0 Å². The highest BCUT2D eigenvalue weighted by Crippen LogP contribution is 2.27. The van der Waals surface area contributed by atoms with E-state index in [1.54, 1.807) is 0 Å². The lowest BCUT2D eigenvalue weighted by atomic mass is 9.95. The van der Waals surface area contributed by atoms with Crippen molar-refractivity contribution in [1.82, 2.24) is 14.9 Å². The zero-order valence-corrected chi connectivity index (χ0v) is 17.3. The lowest BCUT2D eigenvalue weighted by Crippen LogP contribution is -2.46. The Morgan fingerprint density at radius 1 is 0.871 bits per heavy atom. The maximum Gasteiger partial charge on any atom is 0.135 e. The summed E-state index contributed by atoms with van der Waals surface area (Å²) in [6.07, 6.45) is 4.78. The summed E-state index contributed by atoms with van der Waals surface area (Å²) in [4.78, 5) is 13.5. The maximum absolute atomic E-state index is 13.4. The van der Waals surface area contributed by atoms with Crippen molar-refractivity contribution in [2.24, 2.45) is 0 Å². The van der Waals surface area contributed by atoms with Crippen LogP contribution in [0.3, 0.4) is 0 Å². The Balaban J connectivity index is 1.21. The van der Waals surface area contributed by atoms with Crippen LogP contribution in [0.4, 0.5) is 26.1 Å². The quantitative estimate of drug-likeness (QED) is 0.671. The standard InChI is InChI=1S/C24H25F2N5/c25-19-11-20(26)13-21(12-19)29-23-14-24(28-16-27-23)30-9-6-22(7-10-30)31-8-5-17-3-1-2-4-18(17)15-31/h1-4,11-14,16,22H,5-10,15H2,(H,27,28,29). The van der Waals surface area contributed by atoms with E-state index in [4.69, 9.17) is 0 Å². The van der Waals surface area contributed by atoms with Gasteiger partial charge in [-0.05, 0) is 42.5 Å². The van der Waals surface area contributed by atoms with E-state index in [-0.39, 0.29) is 0 Å². The van der Waals surface area contributed by atoms with Crippen molar-refractivity contribution >= 4 is 17.3 Å². The van der Waals surface area contributed by atoms with Crippen LogP contribution < -0.4 is 10.2 Å². The summed E-state index contributed by atoms with van der Waals surface area (Å²) in [7, 11) is 0. The van der Waals surface area contributed by atoms with Crippen molar-refractivity contribution in [3.8, 4) is 0 Å². The molecule has 3 aromatic rings. The monoisotopic (exact) mass is 421 g/mol. The van der Waals surface area contributed by atoms with Crippen LogP contribution >= 0.6 is 0 Å². The molecule has 31 heavy (non-hydrogen) atoms. The Bertz CT molecular complexity index is 1050. The number of nitrogens with zero attached hydrogens (tertiary/aromatic N) is 4. The molecule has 0 atom stereocenters. The van der Waals surface area contributed by atoms with Gasteiger partial charge in [-0.2, -0.15) is 0 Å². The van der Waals surface area contributed by atoms with E-state index in [9.17, 15) is 8.78 Å². The van der Waals surface area contributed by atoms with Gasteiger partial charge in [-0.3, -0.25) is 4.90 Å². The van der Waals surface area contributed by atoms with Gasteiger partial charge in [0, 0.05) is 50.0 Å². The van der Waals surface area contributed by atoms with Gasteiger partial charge < -0.3 is 10.2 Å². The van der Waals surface area contributed by atoms with Crippen molar-refractivity contribution in [3.63, 3.8) is 0 Å². The summed E-state index contributed by atoms with van der Waals surface area (Å²) in [6, 6.07) is 14.5. The minimum absolute atomic E-state index is 0.325. The number of halogens is 2. The van der Waals surface area contributed by atoms with Crippen molar-refractivity contribution in [1.29, 1.82) is 0 Å². The van der Waals surface area contributed by atoms with Crippen LogP contribution in [0.5, 0.6) is 0 Å². The summed E-state index contributed by atoms with van der Waals surface area (Å²) in [6.45, 7) is 4.00. The van der Waals surface area contributed by atoms with E-state index in [1.165, 1.54) is 29.6 Å². The molecule has 5 nitrogen and oxygen atoms in total. The van der Waals surface area contributed by atoms with Gasteiger partial charge in [0.15, 0.2) is 0 Å². The van der Waals surface area contributed by atoms with Gasteiger partial charge in [0.05, 0.1) is 0 Å². The molecule has 1 N–H and O–H groups in total. The fourth-order valence-corrected chi connectivity index (χ4v) is 4.65. The molecule has 0 amide bonds. The first kappa shape index (κ1) is 19.9.